The van der Waals surface area contributed by atoms with E-state index in [1.165, 1.54) is 15.9 Å². The Bertz CT molecular complexity index is 1130. The Hall–Kier alpha value is -2.93. The molecule has 0 radical (unpaired) electrons. The molecule has 0 fully saturated rings. The van der Waals surface area contributed by atoms with Crippen molar-refractivity contribution in [2.45, 2.75) is 13.8 Å². The zero-order valence-corrected chi connectivity index (χ0v) is 15.8. The molecule has 0 bridgehead atoms. The van der Waals surface area contributed by atoms with Crippen molar-refractivity contribution < 1.29 is 4.74 Å². The number of nitrogens with zero attached hydrogens (tertiary/aromatic N) is 3. The van der Waals surface area contributed by atoms with Crippen LogP contribution in [0.3, 0.4) is 0 Å². The molecule has 0 aliphatic rings. The highest BCUT2D eigenvalue weighted by Crippen LogP contribution is 2.14. The van der Waals surface area contributed by atoms with E-state index in [0.717, 1.165) is 21.2 Å². The van der Waals surface area contributed by atoms with E-state index in [1.54, 1.807) is 19.7 Å². The molecule has 0 saturated heterocycles. The van der Waals surface area contributed by atoms with Crippen molar-refractivity contribution in [3.8, 4) is 11.4 Å². The highest BCUT2D eigenvalue weighted by atomic mass is 32.1. The van der Waals surface area contributed by atoms with Crippen molar-refractivity contribution in [3.63, 3.8) is 0 Å². The minimum Gasteiger partial charge on any atom is -0.497 e. The molecule has 26 heavy (non-hydrogen) atoms. The van der Waals surface area contributed by atoms with Crippen LogP contribution in [-0.2, 0) is 0 Å². The van der Waals surface area contributed by atoms with Gasteiger partial charge in [-0.3, -0.25) is 9.36 Å². The van der Waals surface area contributed by atoms with Gasteiger partial charge < -0.3 is 10.1 Å². The molecule has 0 unspecified atom stereocenters. The smallest absolute Gasteiger partial charge is 0.275 e. The van der Waals surface area contributed by atoms with Crippen molar-refractivity contribution in [2.24, 2.45) is 4.99 Å². The minimum absolute atomic E-state index is 0.127. The number of thiophene rings is 1. The van der Waals surface area contributed by atoms with Crippen molar-refractivity contribution in [1.82, 2.24) is 14.9 Å². The second-order valence-corrected chi connectivity index (χ2v) is 6.57. The van der Waals surface area contributed by atoms with Gasteiger partial charge in [0, 0.05) is 17.3 Å². The van der Waals surface area contributed by atoms with Crippen LogP contribution in [0.2, 0.25) is 0 Å². The van der Waals surface area contributed by atoms with E-state index >= 15 is 0 Å². The monoisotopic (exact) mass is 368 g/mol. The quantitative estimate of drug-likeness (QED) is 0.695. The van der Waals surface area contributed by atoms with Crippen molar-refractivity contribution in [1.29, 1.82) is 0 Å². The Balaban J connectivity index is 2.28. The molecule has 1 aromatic carbocycles. The summed E-state index contributed by atoms with van der Waals surface area (Å²) in [5.74, 6) is 1.41. The lowest BCUT2D eigenvalue weighted by Crippen LogP contribution is -2.28. The van der Waals surface area contributed by atoms with E-state index < -0.39 is 0 Å². The van der Waals surface area contributed by atoms with Crippen molar-refractivity contribution in [2.75, 3.05) is 13.7 Å². The molecule has 0 spiro atoms. The van der Waals surface area contributed by atoms with Crippen LogP contribution in [0, 0.1) is 0 Å². The summed E-state index contributed by atoms with van der Waals surface area (Å²) < 4.78 is 8.01. The lowest BCUT2D eigenvalue weighted by Gasteiger charge is -2.06. The van der Waals surface area contributed by atoms with Crippen LogP contribution in [0.15, 0.2) is 40.4 Å². The van der Waals surface area contributed by atoms with Gasteiger partial charge in [0.1, 0.15) is 22.6 Å². The number of benzene rings is 1. The maximum atomic E-state index is 13.0. The fourth-order valence-electron chi connectivity index (χ4n) is 2.68. The summed E-state index contributed by atoms with van der Waals surface area (Å²) in [4.78, 5) is 21.9. The average molecular weight is 368 g/mol. The number of aliphatic imine (C=N–C) groups is 1. The Morgan fingerprint density at radius 1 is 1.42 bits per heavy atom. The Morgan fingerprint density at radius 3 is 2.77 bits per heavy atom. The summed E-state index contributed by atoms with van der Waals surface area (Å²) >= 11 is 1.34. The number of hydrogen-bond acceptors (Lipinski definition) is 6. The van der Waals surface area contributed by atoms with E-state index in [-0.39, 0.29) is 5.56 Å². The van der Waals surface area contributed by atoms with Gasteiger partial charge in [-0.2, -0.15) is 0 Å². The standard InChI is InChI=1S/C19H20N4O2S/c1-5-20-18(21-6-2)15-12(3)26-17-16(15)22-11-23(19(17)24)13-7-9-14(25-4)10-8-13/h5,7-11,21H,3,6H2,1-2,4H3/b18-15-,20-5?. The number of rotatable bonds is 5. The lowest BCUT2D eigenvalue weighted by molar-refractivity contribution is 0.414. The van der Waals surface area contributed by atoms with Gasteiger partial charge in [-0.05, 0) is 38.1 Å². The fraction of sp³-hybridized carbons (Fsp3) is 0.211. The predicted molar refractivity (Wildman–Crippen MR) is 108 cm³/mol. The van der Waals surface area contributed by atoms with E-state index in [9.17, 15) is 4.79 Å². The third-order valence-corrected chi connectivity index (χ3v) is 4.88. The van der Waals surface area contributed by atoms with Gasteiger partial charge >= 0.3 is 0 Å². The van der Waals surface area contributed by atoms with Gasteiger partial charge in [-0.1, -0.05) is 6.58 Å². The van der Waals surface area contributed by atoms with Crippen LogP contribution in [0.5, 0.6) is 5.75 Å². The number of nitrogens with one attached hydrogen (secondary N) is 1. The number of aromatic nitrogens is 2. The molecule has 134 valence electrons. The Labute approximate surface area is 154 Å². The van der Waals surface area contributed by atoms with Gasteiger partial charge in [0.25, 0.3) is 5.56 Å². The topological polar surface area (TPSA) is 68.5 Å². The zero-order chi connectivity index (χ0) is 18.7. The zero-order valence-electron chi connectivity index (χ0n) is 14.9. The third kappa shape index (κ3) is 3.13. The van der Waals surface area contributed by atoms with E-state index in [4.69, 9.17) is 4.74 Å². The van der Waals surface area contributed by atoms with Crippen LogP contribution < -0.4 is 25.4 Å². The molecular formula is C19H20N4O2S. The molecule has 3 aromatic rings. The van der Waals surface area contributed by atoms with Crippen LogP contribution >= 0.6 is 11.3 Å². The third-order valence-electron chi connectivity index (χ3n) is 3.86. The lowest BCUT2D eigenvalue weighted by atomic mass is 10.3. The number of methoxy groups -OCH3 is 1. The molecule has 2 aromatic heterocycles. The van der Waals surface area contributed by atoms with E-state index in [2.05, 4.69) is 21.9 Å². The normalized spacial score (nSPS) is 12.6. The first-order chi connectivity index (χ1) is 12.6. The molecule has 7 heteroatoms. The van der Waals surface area contributed by atoms with Gasteiger partial charge in [-0.15, -0.1) is 11.3 Å². The summed E-state index contributed by atoms with van der Waals surface area (Å²) in [6, 6.07) is 7.27. The Kier molecular flexibility index (Phi) is 5.18. The fourth-order valence-corrected chi connectivity index (χ4v) is 3.66. The highest BCUT2D eigenvalue weighted by Gasteiger charge is 2.12. The average Bonchev–Trinajstić information content (AvgIpc) is 2.99. The molecule has 0 atom stereocenters. The first kappa shape index (κ1) is 17.9. The van der Waals surface area contributed by atoms with Crippen LogP contribution in [-0.4, -0.2) is 29.4 Å². The number of ether oxygens (including phenoxy) is 1. The second kappa shape index (κ2) is 7.53. The minimum atomic E-state index is -0.127. The molecular weight excluding hydrogens is 348 g/mol. The summed E-state index contributed by atoms with van der Waals surface area (Å²) in [6.07, 6.45) is 3.25. The molecule has 0 aliphatic carbocycles. The maximum Gasteiger partial charge on any atom is 0.275 e. The van der Waals surface area contributed by atoms with Crippen molar-refractivity contribution in [3.05, 3.63) is 50.7 Å². The van der Waals surface area contributed by atoms with Crippen LogP contribution in [0.4, 0.5) is 0 Å². The molecule has 2 heterocycles. The van der Waals surface area contributed by atoms with Crippen LogP contribution in [0.1, 0.15) is 13.8 Å². The van der Waals surface area contributed by atoms with Gasteiger partial charge in [0.15, 0.2) is 0 Å². The molecule has 0 amide bonds. The second-order valence-electron chi connectivity index (χ2n) is 5.46. The van der Waals surface area contributed by atoms with Gasteiger partial charge in [-0.25, -0.2) is 9.98 Å². The molecule has 3 rings (SSSR count). The molecule has 1 N–H and O–H groups in total. The summed E-state index contributed by atoms with van der Waals surface area (Å²) in [7, 11) is 1.61. The number of hydrogen-bond donors (Lipinski definition) is 1. The first-order valence-electron chi connectivity index (χ1n) is 8.21. The molecule has 0 saturated carbocycles. The van der Waals surface area contributed by atoms with Crippen molar-refractivity contribution >= 4 is 40.2 Å². The summed E-state index contributed by atoms with van der Waals surface area (Å²) in [6.45, 7) is 8.64. The molecule has 0 aliphatic heterocycles. The number of fused-ring (bicyclic) bond motifs is 1. The highest BCUT2D eigenvalue weighted by molar-refractivity contribution is 7.16. The SMILES string of the molecule is C=c1sc2c(=O)n(-c3ccc(OC)cc3)cnc2/c1=C(/N=CC)NCC. The van der Waals surface area contributed by atoms with Gasteiger partial charge in [0.2, 0.25) is 0 Å². The van der Waals surface area contributed by atoms with Gasteiger partial charge in [0.05, 0.1) is 23.5 Å². The summed E-state index contributed by atoms with van der Waals surface area (Å²) in [5.41, 5.74) is 1.22. The summed E-state index contributed by atoms with van der Waals surface area (Å²) in [5, 5.41) is 4.00. The predicted octanol–water partition coefficient (Wildman–Crippen LogP) is 1.63. The Morgan fingerprint density at radius 2 is 2.15 bits per heavy atom. The first-order valence-corrected chi connectivity index (χ1v) is 9.02. The maximum absolute atomic E-state index is 13.0. The molecule has 6 nitrogen and oxygen atoms in total. The van der Waals surface area contributed by atoms with E-state index in [0.29, 0.717) is 22.6 Å². The van der Waals surface area contributed by atoms with Crippen LogP contribution in [0.25, 0.3) is 28.3 Å². The van der Waals surface area contributed by atoms with E-state index in [1.807, 2.05) is 38.1 Å². The largest absolute Gasteiger partial charge is 0.497 e.